The second kappa shape index (κ2) is 6.42. The van der Waals surface area contributed by atoms with Crippen molar-refractivity contribution in [1.82, 2.24) is 5.48 Å². The number of para-hydroxylation sites is 1. The molecule has 0 aliphatic carbocycles. The Bertz CT molecular complexity index is 433. The quantitative estimate of drug-likeness (QED) is 0.828. The van der Waals surface area contributed by atoms with Gasteiger partial charge in [-0.3, -0.25) is 4.84 Å². The molecule has 19 heavy (non-hydrogen) atoms. The molecule has 106 valence electrons. The third kappa shape index (κ3) is 5.17. The van der Waals surface area contributed by atoms with E-state index < -0.39 is 17.8 Å². The summed E-state index contributed by atoms with van der Waals surface area (Å²) in [6, 6.07) is 3.87. The van der Waals surface area contributed by atoms with Crippen LogP contribution in [0, 0.1) is 5.92 Å². The maximum Gasteiger partial charge on any atom is 0.418 e. The van der Waals surface area contributed by atoms with Crippen molar-refractivity contribution in [3.63, 3.8) is 0 Å². The van der Waals surface area contributed by atoms with Crippen molar-refractivity contribution < 1.29 is 22.8 Å². The van der Waals surface area contributed by atoms with E-state index >= 15 is 0 Å². The van der Waals surface area contributed by atoms with E-state index in [0.717, 1.165) is 6.07 Å². The Hall–Kier alpha value is -1.76. The fourth-order valence-electron chi connectivity index (χ4n) is 1.26. The summed E-state index contributed by atoms with van der Waals surface area (Å²) >= 11 is 0. The first-order chi connectivity index (χ1) is 8.80. The first kappa shape index (κ1) is 15.3. The number of carbonyl (C=O) groups excluding carboxylic acids is 1. The number of amides is 2. The summed E-state index contributed by atoms with van der Waals surface area (Å²) < 4.78 is 38.0. The molecule has 1 aromatic rings. The van der Waals surface area contributed by atoms with Crippen LogP contribution in [0.2, 0.25) is 0 Å². The van der Waals surface area contributed by atoms with Gasteiger partial charge in [0.15, 0.2) is 0 Å². The molecule has 0 aliphatic rings. The molecule has 0 saturated carbocycles. The predicted octanol–water partition coefficient (Wildman–Crippen LogP) is 3.41. The maximum absolute atomic E-state index is 12.7. The molecule has 1 aromatic carbocycles. The van der Waals surface area contributed by atoms with Gasteiger partial charge in [-0.15, -0.1) is 0 Å². The van der Waals surface area contributed by atoms with Gasteiger partial charge in [0.1, 0.15) is 0 Å². The maximum atomic E-state index is 12.7. The van der Waals surface area contributed by atoms with Crippen molar-refractivity contribution in [3.05, 3.63) is 29.8 Å². The molecule has 0 aromatic heterocycles. The van der Waals surface area contributed by atoms with Crippen molar-refractivity contribution >= 4 is 11.7 Å². The van der Waals surface area contributed by atoms with Crippen LogP contribution < -0.4 is 10.8 Å². The number of anilines is 1. The largest absolute Gasteiger partial charge is 0.418 e. The zero-order valence-electron chi connectivity index (χ0n) is 10.5. The van der Waals surface area contributed by atoms with Crippen LogP contribution in [0.3, 0.4) is 0 Å². The second-order valence-corrected chi connectivity index (χ2v) is 4.30. The summed E-state index contributed by atoms with van der Waals surface area (Å²) in [5.74, 6) is 0.197. The Morgan fingerprint density at radius 3 is 2.53 bits per heavy atom. The Labute approximate surface area is 108 Å². The SMILES string of the molecule is CC(C)CONC(=O)Nc1ccccc1C(F)(F)F. The highest BCUT2D eigenvalue weighted by molar-refractivity contribution is 5.89. The van der Waals surface area contributed by atoms with Crippen molar-refractivity contribution in [2.45, 2.75) is 20.0 Å². The first-order valence-electron chi connectivity index (χ1n) is 5.65. The number of urea groups is 1. The standard InChI is InChI=1S/C12H15F3N2O2/c1-8(2)7-19-17-11(18)16-10-6-4-3-5-9(10)12(13,14)15/h3-6,8H,7H2,1-2H3,(H2,16,17,18). The molecule has 2 N–H and O–H groups in total. The van der Waals surface area contributed by atoms with Crippen LogP contribution in [-0.2, 0) is 11.0 Å². The van der Waals surface area contributed by atoms with Crippen molar-refractivity contribution in [1.29, 1.82) is 0 Å². The lowest BCUT2D eigenvalue weighted by molar-refractivity contribution is -0.136. The lowest BCUT2D eigenvalue weighted by atomic mass is 10.1. The van der Waals surface area contributed by atoms with E-state index in [4.69, 9.17) is 4.84 Å². The molecule has 4 nitrogen and oxygen atoms in total. The fourth-order valence-corrected chi connectivity index (χ4v) is 1.26. The van der Waals surface area contributed by atoms with Crippen LogP contribution in [-0.4, -0.2) is 12.6 Å². The number of hydroxylamine groups is 1. The van der Waals surface area contributed by atoms with Crippen LogP contribution in [0.5, 0.6) is 0 Å². The highest BCUT2D eigenvalue weighted by Gasteiger charge is 2.33. The minimum absolute atomic E-state index is 0.197. The van der Waals surface area contributed by atoms with E-state index in [9.17, 15) is 18.0 Å². The molecular weight excluding hydrogens is 261 g/mol. The topological polar surface area (TPSA) is 50.4 Å². The second-order valence-electron chi connectivity index (χ2n) is 4.30. The third-order valence-electron chi connectivity index (χ3n) is 2.06. The molecule has 0 fully saturated rings. The molecule has 0 aliphatic heterocycles. The Balaban J connectivity index is 2.64. The first-order valence-corrected chi connectivity index (χ1v) is 5.65. The number of hydrogen-bond donors (Lipinski definition) is 2. The lowest BCUT2D eigenvalue weighted by Gasteiger charge is -2.14. The summed E-state index contributed by atoms with van der Waals surface area (Å²) in [7, 11) is 0. The molecule has 0 atom stereocenters. The van der Waals surface area contributed by atoms with E-state index in [0.29, 0.717) is 0 Å². The molecule has 0 unspecified atom stereocenters. The van der Waals surface area contributed by atoms with Gasteiger partial charge in [-0.1, -0.05) is 26.0 Å². The zero-order valence-corrected chi connectivity index (χ0v) is 10.5. The highest BCUT2D eigenvalue weighted by atomic mass is 19.4. The molecule has 0 saturated heterocycles. The molecule has 0 heterocycles. The van der Waals surface area contributed by atoms with Gasteiger partial charge >= 0.3 is 12.2 Å². The molecule has 0 radical (unpaired) electrons. The minimum Gasteiger partial charge on any atom is -0.306 e. The number of carbonyl (C=O) groups is 1. The van der Waals surface area contributed by atoms with Gasteiger partial charge in [-0.05, 0) is 18.1 Å². The van der Waals surface area contributed by atoms with Gasteiger partial charge < -0.3 is 5.32 Å². The number of rotatable bonds is 4. The fraction of sp³-hybridized carbons (Fsp3) is 0.417. The third-order valence-corrected chi connectivity index (χ3v) is 2.06. The number of benzene rings is 1. The average molecular weight is 276 g/mol. The molecule has 7 heteroatoms. The smallest absolute Gasteiger partial charge is 0.306 e. The van der Waals surface area contributed by atoms with Crippen LogP contribution in [0.25, 0.3) is 0 Å². The normalized spacial score (nSPS) is 11.5. The van der Waals surface area contributed by atoms with E-state index in [1.165, 1.54) is 18.2 Å². The van der Waals surface area contributed by atoms with Crippen molar-refractivity contribution in [2.24, 2.45) is 5.92 Å². The van der Waals surface area contributed by atoms with Crippen LogP contribution >= 0.6 is 0 Å². The molecule has 2 amide bonds. The monoisotopic (exact) mass is 276 g/mol. The molecule has 0 bridgehead atoms. The number of hydrogen-bond acceptors (Lipinski definition) is 2. The van der Waals surface area contributed by atoms with Gasteiger partial charge in [-0.2, -0.15) is 13.2 Å². The Morgan fingerprint density at radius 1 is 1.32 bits per heavy atom. The number of nitrogens with one attached hydrogen (secondary N) is 2. The summed E-state index contributed by atoms with van der Waals surface area (Å²) in [4.78, 5) is 16.2. The van der Waals surface area contributed by atoms with Gasteiger partial charge in [0.25, 0.3) is 0 Å². The van der Waals surface area contributed by atoms with Crippen LogP contribution in [0.4, 0.5) is 23.7 Å². The zero-order chi connectivity index (χ0) is 14.5. The van der Waals surface area contributed by atoms with E-state index in [1.54, 1.807) is 0 Å². The van der Waals surface area contributed by atoms with Gasteiger partial charge in [0.2, 0.25) is 0 Å². The van der Waals surface area contributed by atoms with Crippen molar-refractivity contribution in [2.75, 3.05) is 11.9 Å². The highest BCUT2D eigenvalue weighted by Crippen LogP contribution is 2.34. The van der Waals surface area contributed by atoms with E-state index in [2.05, 4.69) is 5.32 Å². The predicted molar refractivity (Wildman–Crippen MR) is 64.4 cm³/mol. The van der Waals surface area contributed by atoms with Crippen molar-refractivity contribution in [3.8, 4) is 0 Å². The summed E-state index contributed by atoms with van der Waals surface area (Å²) in [6.45, 7) is 4.02. The Morgan fingerprint density at radius 2 is 1.95 bits per heavy atom. The molecule has 0 spiro atoms. The minimum atomic E-state index is -4.53. The molecular formula is C12H15F3N2O2. The number of halogens is 3. The lowest BCUT2D eigenvalue weighted by Crippen LogP contribution is -2.31. The number of alkyl halides is 3. The summed E-state index contributed by atoms with van der Waals surface area (Å²) in [5.41, 5.74) is 0.797. The van der Waals surface area contributed by atoms with Crippen LogP contribution in [0.15, 0.2) is 24.3 Å². The van der Waals surface area contributed by atoms with E-state index in [1.807, 2.05) is 19.3 Å². The van der Waals surface area contributed by atoms with Gasteiger partial charge in [-0.25, -0.2) is 10.3 Å². The summed E-state index contributed by atoms with van der Waals surface area (Å²) in [5, 5.41) is 2.10. The van der Waals surface area contributed by atoms with E-state index in [-0.39, 0.29) is 18.2 Å². The molecule has 1 rings (SSSR count). The van der Waals surface area contributed by atoms with Gasteiger partial charge in [0, 0.05) is 0 Å². The van der Waals surface area contributed by atoms with Crippen LogP contribution in [0.1, 0.15) is 19.4 Å². The summed E-state index contributed by atoms with van der Waals surface area (Å²) in [6.07, 6.45) is -4.53. The average Bonchev–Trinajstić information content (AvgIpc) is 2.27. The Kier molecular flexibility index (Phi) is 5.17. The van der Waals surface area contributed by atoms with Gasteiger partial charge in [0.05, 0.1) is 17.9 Å².